The molecular formula is C31H36F6N4O7. The number of carbonyl (C=O) groups is 4. The number of imidazole rings is 1. The van der Waals surface area contributed by atoms with E-state index in [9.17, 15) is 35.9 Å². The van der Waals surface area contributed by atoms with Gasteiger partial charge in [0.05, 0.1) is 17.9 Å². The number of carbonyl (C=O) groups excluding carboxylic acids is 1. The van der Waals surface area contributed by atoms with Crippen molar-refractivity contribution in [1.82, 2.24) is 20.2 Å². The summed E-state index contributed by atoms with van der Waals surface area (Å²) in [4.78, 5) is 52.0. The van der Waals surface area contributed by atoms with Crippen LogP contribution in [0.2, 0.25) is 0 Å². The Morgan fingerprint density at radius 2 is 1.46 bits per heavy atom. The van der Waals surface area contributed by atoms with Crippen LogP contribution in [0.25, 0.3) is 22.0 Å². The van der Waals surface area contributed by atoms with Crippen molar-refractivity contribution in [3.8, 4) is 11.3 Å². The minimum absolute atomic E-state index is 0.0284. The number of unbranched alkanes of at least 4 members (excludes halogenated alkanes) is 2. The lowest BCUT2D eigenvalue weighted by atomic mass is 9.95. The molecule has 11 nitrogen and oxygen atoms in total. The van der Waals surface area contributed by atoms with Crippen LogP contribution in [0, 0.1) is 5.92 Å². The summed E-state index contributed by atoms with van der Waals surface area (Å²) in [6.45, 7) is 1.87. The topological polar surface area (TPSA) is 173 Å². The normalized spacial score (nSPS) is 14.6. The molecule has 3 aromatic rings. The molecule has 1 amide bonds. The number of likely N-dealkylation sites (tertiary alicyclic amines) is 1. The SMILES string of the molecule is CN1CCC(C(=O)N[C@@H](CCCCCC(=O)O)c2ncc(-c3ccc4ccccc4c3)[nH]2)CC1.O=C(O)C(F)(F)F.O=C(O)C(F)(F)F. The van der Waals surface area contributed by atoms with Gasteiger partial charge >= 0.3 is 30.3 Å². The van der Waals surface area contributed by atoms with Crippen LogP contribution < -0.4 is 5.32 Å². The number of aliphatic carboxylic acids is 3. The maximum absolute atomic E-state index is 13.0. The largest absolute Gasteiger partial charge is 0.490 e. The van der Waals surface area contributed by atoms with E-state index in [0.29, 0.717) is 6.42 Å². The van der Waals surface area contributed by atoms with Gasteiger partial charge in [-0.05, 0) is 62.7 Å². The van der Waals surface area contributed by atoms with Crippen molar-refractivity contribution >= 4 is 34.6 Å². The Kier molecular flexibility index (Phi) is 14.8. The molecule has 17 heteroatoms. The minimum atomic E-state index is -5.08. The first-order valence-corrected chi connectivity index (χ1v) is 14.7. The predicted octanol–water partition coefficient (Wildman–Crippen LogP) is 6.03. The standard InChI is InChI=1S/C27H34N4O3.2C2HF3O2/c1-31-15-13-20(14-16-31)27(34)30-23(9-3-2-4-10-25(32)33)26-28-18-24(29-26)22-12-11-19-7-5-6-8-21(19)17-22;2*3-2(4,5)1(6)7/h5-8,11-12,17-18,20,23H,2-4,9-10,13-16H2,1H3,(H,28,29)(H,30,34)(H,32,33);2*(H,6,7)/t23-;;/m0../s1. The van der Waals surface area contributed by atoms with Gasteiger partial charge in [-0.25, -0.2) is 14.6 Å². The van der Waals surface area contributed by atoms with Crippen LogP contribution in [0.15, 0.2) is 48.7 Å². The molecule has 0 bridgehead atoms. The number of nitrogens with zero attached hydrogens (tertiary/aromatic N) is 2. The molecule has 48 heavy (non-hydrogen) atoms. The molecule has 0 radical (unpaired) electrons. The average molecular weight is 691 g/mol. The lowest BCUT2D eigenvalue weighted by Gasteiger charge is -2.29. The number of rotatable bonds is 10. The van der Waals surface area contributed by atoms with E-state index in [1.54, 1.807) is 0 Å². The van der Waals surface area contributed by atoms with E-state index in [1.807, 2.05) is 18.3 Å². The van der Waals surface area contributed by atoms with Gasteiger partial charge < -0.3 is 30.5 Å². The van der Waals surface area contributed by atoms with Gasteiger partial charge in [-0.15, -0.1) is 0 Å². The summed E-state index contributed by atoms with van der Waals surface area (Å²) in [6, 6.07) is 14.4. The first kappa shape index (κ1) is 39.5. The summed E-state index contributed by atoms with van der Waals surface area (Å²) in [6.07, 6.45) is -3.41. The van der Waals surface area contributed by atoms with Crippen molar-refractivity contribution in [3.05, 3.63) is 54.5 Å². The molecule has 264 valence electrons. The first-order chi connectivity index (χ1) is 22.4. The van der Waals surface area contributed by atoms with Gasteiger partial charge in [-0.3, -0.25) is 9.59 Å². The van der Waals surface area contributed by atoms with Crippen LogP contribution in [-0.2, 0) is 19.2 Å². The Balaban J connectivity index is 0.000000479. The highest BCUT2D eigenvalue weighted by Gasteiger charge is 2.39. The van der Waals surface area contributed by atoms with Crippen LogP contribution in [-0.4, -0.2) is 86.5 Å². The third-order valence-electron chi connectivity index (χ3n) is 7.26. The fourth-order valence-electron chi connectivity index (χ4n) is 4.66. The molecule has 1 atom stereocenters. The van der Waals surface area contributed by atoms with Crippen LogP contribution >= 0.6 is 0 Å². The zero-order valence-electron chi connectivity index (χ0n) is 25.8. The summed E-state index contributed by atoms with van der Waals surface area (Å²) in [7, 11) is 2.09. The Hall–Kier alpha value is -4.67. The number of halogens is 6. The van der Waals surface area contributed by atoms with Gasteiger partial charge in [0, 0.05) is 17.9 Å². The van der Waals surface area contributed by atoms with Crippen LogP contribution in [0.3, 0.4) is 0 Å². The Bertz CT molecular complexity index is 1490. The Labute approximate surface area is 271 Å². The molecule has 2 heterocycles. The molecule has 1 aromatic heterocycles. The number of fused-ring (bicyclic) bond motifs is 1. The summed E-state index contributed by atoms with van der Waals surface area (Å²) < 4.78 is 63.5. The average Bonchev–Trinajstić information content (AvgIpc) is 3.50. The maximum atomic E-state index is 13.0. The molecule has 1 aliphatic heterocycles. The number of carboxylic acids is 3. The lowest BCUT2D eigenvalue weighted by molar-refractivity contribution is -0.193. The molecule has 0 saturated carbocycles. The Morgan fingerprint density at radius 3 is 2.00 bits per heavy atom. The van der Waals surface area contributed by atoms with E-state index < -0.39 is 30.3 Å². The number of alkyl halides is 6. The highest BCUT2D eigenvalue weighted by molar-refractivity contribution is 5.86. The second-order valence-corrected chi connectivity index (χ2v) is 11.0. The number of hydrogen-bond donors (Lipinski definition) is 5. The fourth-order valence-corrected chi connectivity index (χ4v) is 4.66. The summed E-state index contributed by atoms with van der Waals surface area (Å²) in [5, 5.41) is 28.7. The fraction of sp³-hybridized carbons (Fsp3) is 0.452. The summed E-state index contributed by atoms with van der Waals surface area (Å²) in [5.41, 5.74) is 1.98. The molecule has 1 aliphatic rings. The Morgan fingerprint density at radius 1 is 0.896 bits per heavy atom. The quantitative estimate of drug-likeness (QED) is 0.126. The number of amides is 1. The molecule has 4 rings (SSSR count). The van der Waals surface area contributed by atoms with E-state index in [-0.39, 0.29) is 24.3 Å². The van der Waals surface area contributed by atoms with Gasteiger partial charge in [0.1, 0.15) is 5.82 Å². The van der Waals surface area contributed by atoms with Gasteiger partial charge in [0.25, 0.3) is 0 Å². The first-order valence-electron chi connectivity index (χ1n) is 14.7. The van der Waals surface area contributed by atoms with E-state index in [0.717, 1.165) is 62.3 Å². The van der Waals surface area contributed by atoms with E-state index in [4.69, 9.17) is 24.9 Å². The molecule has 1 fully saturated rings. The van der Waals surface area contributed by atoms with Crippen LogP contribution in [0.5, 0.6) is 0 Å². The summed E-state index contributed by atoms with van der Waals surface area (Å²) in [5.74, 6) is -5.41. The zero-order chi connectivity index (χ0) is 36.1. The van der Waals surface area contributed by atoms with Gasteiger partial charge in [-0.2, -0.15) is 26.3 Å². The minimum Gasteiger partial charge on any atom is -0.481 e. The number of carboxylic acid groups (broad SMARTS) is 3. The third kappa shape index (κ3) is 13.6. The number of nitrogens with one attached hydrogen (secondary N) is 2. The maximum Gasteiger partial charge on any atom is 0.490 e. The van der Waals surface area contributed by atoms with Gasteiger partial charge in [0.2, 0.25) is 5.91 Å². The molecule has 0 unspecified atom stereocenters. The number of aromatic amines is 1. The highest BCUT2D eigenvalue weighted by atomic mass is 19.4. The molecule has 1 saturated heterocycles. The molecule has 0 aliphatic carbocycles. The highest BCUT2D eigenvalue weighted by Crippen LogP contribution is 2.27. The number of hydrogen-bond acceptors (Lipinski definition) is 6. The van der Waals surface area contributed by atoms with Crippen molar-refractivity contribution < 1.29 is 60.8 Å². The van der Waals surface area contributed by atoms with Crippen molar-refractivity contribution in [2.75, 3.05) is 20.1 Å². The van der Waals surface area contributed by atoms with Crippen molar-refractivity contribution in [2.45, 2.75) is 63.3 Å². The van der Waals surface area contributed by atoms with Crippen LogP contribution in [0.4, 0.5) is 26.3 Å². The lowest BCUT2D eigenvalue weighted by Crippen LogP contribution is -2.40. The van der Waals surface area contributed by atoms with Crippen molar-refractivity contribution in [2.24, 2.45) is 5.92 Å². The number of aromatic nitrogens is 2. The number of H-pyrrole nitrogens is 1. The van der Waals surface area contributed by atoms with E-state index in [1.165, 1.54) is 10.8 Å². The molecular weight excluding hydrogens is 654 g/mol. The molecule has 5 N–H and O–H groups in total. The third-order valence-corrected chi connectivity index (χ3v) is 7.26. The number of piperidine rings is 1. The van der Waals surface area contributed by atoms with Crippen molar-refractivity contribution in [1.29, 1.82) is 0 Å². The second-order valence-electron chi connectivity index (χ2n) is 11.0. The van der Waals surface area contributed by atoms with Gasteiger partial charge in [0.15, 0.2) is 0 Å². The zero-order valence-corrected chi connectivity index (χ0v) is 25.8. The summed E-state index contributed by atoms with van der Waals surface area (Å²) >= 11 is 0. The monoisotopic (exact) mass is 690 g/mol. The second kappa shape index (κ2) is 18.0. The number of benzene rings is 2. The van der Waals surface area contributed by atoms with E-state index in [2.05, 4.69) is 57.6 Å². The van der Waals surface area contributed by atoms with Crippen LogP contribution in [0.1, 0.15) is 56.8 Å². The van der Waals surface area contributed by atoms with E-state index >= 15 is 0 Å². The predicted molar refractivity (Wildman–Crippen MR) is 161 cm³/mol. The smallest absolute Gasteiger partial charge is 0.481 e. The molecule has 0 spiro atoms. The van der Waals surface area contributed by atoms with Gasteiger partial charge in [-0.1, -0.05) is 49.2 Å². The van der Waals surface area contributed by atoms with Crippen molar-refractivity contribution in [3.63, 3.8) is 0 Å². The molecule has 2 aromatic carbocycles.